The Kier molecular flexibility index (Phi) is 72.2. The first-order chi connectivity index (χ1) is 46.6. The van der Waals surface area contributed by atoms with Gasteiger partial charge in [0.1, 0.15) is 0 Å². The first-order valence-corrected chi connectivity index (χ1v) is 66.7. The van der Waals surface area contributed by atoms with E-state index in [2.05, 4.69) is 141 Å². The van der Waals surface area contributed by atoms with Gasteiger partial charge in [-0.25, -0.2) is 0 Å². The summed E-state index contributed by atoms with van der Waals surface area (Å²) in [7, 11) is 2.20. The Morgan fingerprint density at radius 1 is 0.378 bits per heavy atom. The molecule has 0 aromatic heterocycles. The molecule has 0 aromatic carbocycles. The fourth-order valence-electron chi connectivity index (χ4n) is 13.3. The molecule has 11 nitrogen and oxygen atoms in total. The number of allylic oxidation sites excluding steroid dienone is 1. The predicted octanol–water partition coefficient (Wildman–Crippen LogP) is 26.6. The average molecular weight is 1660 g/mol. The van der Waals surface area contributed by atoms with E-state index in [0.29, 0.717) is 26.1 Å². The number of hydrogen-bond donors (Lipinski definition) is 0. The van der Waals surface area contributed by atoms with Gasteiger partial charge in [0.2, 0.25) is 0 Å². The molecule has 0 fully saturated rings. The van der Waals surface area contributed by atoms with Crippen LogP contribution in [0, 0.1) is 0 Å². The molecular weight excluding hydrogens is 1480 g/mol. The Labute approximate surface area is 623 Å². The third kappa shape index (κ3) is 60.3. The second-order valence-electron chi connectivity index (χ2n) is 31.4. The van der Waals surface area contributed by atoms with Crippen molar-refractivity contribution in [3.8, 4) is 0 Å². The third-order valence-electron chi connectivity index (χ3n) is 18.4. The molecule has 586 valence electrons. The summed E-state index contributed by atoms with van der Waals surface area (Å²) in [6.07, 6.45) is 51.3. The molecule has 16 heteroatoms. The minimum atomic E-state index is -2.38. The Bertz CT molecular complexity index is 1790. The van der Waals surface area contributed by atoms with Gasteiger partial charge in [0.05, 0.1) is 13.2 Å². The summed E-state index contributed by atoms with van der Waals surface area (Å²) in [6.45, 7) is 48.3. The van der Waals surface area contributed by atoms with Crippen molar-refractivity contribution < 1.29 is 51.3 Å². The zero-order valence-corrected chi connectivity index (χ0v) is 78.7. The molecular formula is C82H172O11Si3Sn2. The Morgan fingerprint density at radius 2 is 0.663 bits per heavy atom. The normalized spacial score (nSPS) is 13.6. The Hall–Kier alpha value is 0.128. The Morgan fingerprint density at radius 3 is 0.939 bits per heavy atom. The zero-order valence-electron chi connectivity index (χ0n) is 70.0. The summed E-state index contributed by atoms with van der Waals surface area (Å²) >= 11 is -4.70. The molecule has 0 radical (unpaired) electrons. The first kappa shape index (κ1) is 104. The van der Waals surface area contributed by atoms with Gasteiger partial charge in [-0.3, -0.25) is 9.59 Å². The quantitative estimate of drug-likeness (QED) is 0.0190. The number of hydrogen-bond acceptors (Lipinski definition) is 11. The van der Waals surface area contributed by atoms with E-state index in [1.165, 1.54) is 194 Å². The van der Waals surface area contributed by atoms with E-state index in [4.69, 9.17) is 41.7 Å². The van der Waals surface area contributed by atoms with E-state index in [9.17, 15) is 9.59 Å². The number of rotatable bonds is 64. The summed E-state index contributed by atoms with van der Waals surface area (Å²) in [6, 6.07) is 0. The van der Waals surface area contributed by atoms with Crippen molar-refractivity contribution in [3.63, 3.8) is 0 Å². The standard InChI is InChI=1S/C23H45O5Si.C16H33O3Si.C10H22OSi.C9H18O2.6C4H9.2Sn/c1-8-19-23(22(25-3)26-4,28-29(5,6)7)20-17-15-13-11-10-12-14-16-18-21(24)27-9-2;1-8-10-11-12-14-16(13-9-2,15(17-3)18-4)19-20(5,6)7;1-5-6-7-8-9-10-11-12(2,3)4;1-3-5-6-7-8-9(10)11-4-2;6*1-3-4-2;;/h1,8,22H,9-20H2,2-7H3;2,9,15H,8,10-14H2,1,3-7H3;5H,1,6-10H2,2-4H3;3-8H2,1-2H3;6*1,3-4H2,2H3;;. The van der Waals surface area contributed by atoms with Crippen LogP contribution in [0.1, 0.15) is 313 Å². The number of unbranched alkanes of at least 4 members (excludes halogenated alkanes) is 22. The van der Waals surface area contributed by atoms with Crippen LogP contribution in [0.15, 0.2) is 33.0 Å². The van der Waals surface area contributed by atoms with Crippen molar-refractivity contribution in [1.29, 1.82) is 0 Å². The minimum absolute atomic E-state index is 0.0522. The monoisotopic (exact) mass is 1660 g/mol. The fraction of sp³-hybridized carbons (Fsp3) is 0.902. The number of esters is 2. The average Bonchev–Trinajstić information content (AvgIpc) is 0.816. The van der Waals surface area contributed by atoms with Crippen LogP contribution in [0.2, 0.25) is 85.5 Å². The topological polar surface area (TPSA) is 117 Å². The molecule has 0 heterocycles. The van der Waals surface area contributed by atoms with E-state index in [-0.39, 0.29) is 30.1 Å². The van der Waals surface area contributed by atoms with Gasteiger partial charge < -0.3 is 13.9 Å². The zero-order chi connectivity index (χ0) is 74.9. The molecule has 98 heavy (non-hydrogen) atoms. The van der Waals surface area contributed by atoms with Gasteiger partial charge in [-0.2, -0.15) is 0 Å². The number of methoxy groups -OCH3 is 4. The fourth-order valence-corrected chi connectivity index (χ4v) is 45.9. The summed E-state index contributed by atoms with van der Waals surface area (Å²) in [4.78, 5) is 22.3. The van der Waals surface area contributed by atoms with E-state index in [1.807, 2.05) is 19.9 Å². The maximum atomic E-state index is 11.5. The molecule has 0 spiro atoms. The summed E-state index contributed by atoms with van der Waals surface area (Å²) in [5.74, 6) is -0.109. The van der Waals surface area contributed by atoms with Crippen molar-refractivity contribution in [2.45, 2.75) is 423 Å². The molecule has 0 saturated heterocycles. The molecule has 0 aliphatic heterocycles. The third-order valence-corrected chi connectivity index (χ3v) is 50.0. The molecule has 0 aliphatic rings. The number of ether oxygens (including phenoxy) is 6. The molecule has 0 aromatic rings. The predicted molar refractivity (Wildman–Crippen MR) is 442 cm³/mol. The van der Waals surface area contributed by atoms with Crippen LogP contribution in [-0.2, 0) is 51.3 Å². The van der Waals surface area contributed by atoms with Crippen molar-refractivity contribution >= 4 is 73.6 Å². The molecule has 0 amide bonds. The van der Waals surface area contributed by atoms with E-state index >= 15 is 0 Å². The van der Waals surface area contributed by atoms with Gasteiger partial charge in [0, 0.05) is 19.4 Å². The molecule has 0 bridgehead atoms. The van der Waals surface area contributed by atoms with Crippen molar-refractivity contribution in [2.24, 2.45) is 0 Å². The van der Waals surface area contributed by atoms with Crippen LogP contribution in [0.4, 0.5) is 0 Å². The number of carbonyl (C=O) groups is 2. The molecule has 0 N–H and O–H groups in total. The van der Waals surface area contributed by atoms with Gasteiger partial charge in [-0.15, -0.1) is 6.58 Å². The van der Waals surface area contributed by atoms with Crippen molar-refractivity contribution in [2.75, 3.05) is 48.3 Å². The molecule has 0 rings (SSSR count). The first-order valence-electron chi connectivity index (χ1n) is 41.0. The Balaban J connectivity index is -0.000000690. The molecule has 0 aliphatic carbocycles. The van der Waals surface area contributed by atoms with Gasteiger partial charge in [-0.05, 0) is 65.6 Å². The number of carbonyl (C=O) groups excluding carboxylic acids is 2. The maximum absolute atomic E-state index is 11.5. The second kappa shape index (κ2) is 67.7. The van der Waals surface area contributed by atoms with E-state index < -0.39 is 67.3 Å². The van der Waals surface area contributed by atoms with E-state index in [1.54, 1.807) is 28.4 Å². The van der Waals surface area contributed by atoms with Crippen molar-refractivity contribution in [1.82, 2.24) is 0 Å². The van der Waals surface area contributed by atoms with Crippen LogP contribution >= 0.6 is 0 Å². The molecule has 0 saturated carbocycles. The van der Waals surface area contributed by atoms with Crippen LogP contribution in [0.5, 0.6) is 0 Å². The van der Waals surface area contributed by atoms with Gasteiger partial charge in [0.15, 0.2) is 8.32 Å². The molecule has 2 unspecified atom stereocenters. The van der Waals surface area contributed by atoms with Gasteiger partial charge in [0.25, 0.3) is 0 Å². The second-order valence-corrected chi connectivity index (χ2v) is 70.8. The summed E-state index contributed by atoms with van der Waals surface area (Å²) < 4.78 is 67.9. The SMILES string of the molecule is C=CCCCCCO[Si](C)(C)C.CCCCCCC(=O)OCC.CCCCCCC(C/C=[CH]/[Sn]([CH2]CCC)([CH2]CCC)[CH2]CCC)(O[Si](C)(C)C)C(OC)OC.CCC[CH2][Sn]([CH]=CCC(CCCCCCCCCCC(=O)OCC)(O[Si](C)(C)C)C(OC)OC)([CH2]CCC)[CH2]CCC. The molecule has 2 atom stereocenters. The van der Waals surface area contributed by atoms with Crippen LogP contribution in [-0.4, -0.2) is 146 Å². The van der Waals surface area contributed by atoms with Crippen LogP contribution in [0.3, 0.4) is 0 Å². The van der Waals surface area contributed by atoms with Crippen LogP contribution < -0.4 is 0 Å². The van der Waals surface area contributed by atoms with Crippen LogP contribution in [0.25, 0.3) is 0 Å². The summed E-state index contributed by atoms with van der Waals surface area (Å²) in [5.41, 5.74) is -0.814. The summed E-state index contributed by atoms with van der Waals surface area (Å²) in [5, 5.41) is 0. The van der Waals surface area contributed by atoms with Crippen molar-refractivity contribution in [3.05, 3.63) is 33.0 Å². The van der Waals surface area contributed by atoms with E-state index in [0.717, 1.165) is 70.8 Å². The van der Waals surface area contributed by atoms with Gasteiger partial charge >= 0.3 is 453 Å². The van der Waals surface area contributed by atoms with Gasteiger partial charge in [-0.1, -0.05) is 38.7 Å².